The molecule has 1 aliphatic rings. The molecule has 0 saturated heterocycles. The van der Waals surface area contributed by atoms with E-state index in [0.29, 0.717) is 17.1 Å². The number of hydrogen-bond donors (Lipinski definition) is 1. The molecule has 0 bridgehead atoms. The van der Waals surface area contributed by atoms with Crippen molar-refractivity contribution in [3.8, 4) is 0 Å². The van der Waals surface area contributed by atoms with Crippen LogP contribution in [-0.2, 0) is 16.0 Å². The van der Waals surface area contributed by atoms with Crippen LogP contribution in [0.15, 0.2) is 35.8 Å². The highest BCUT2D eigenvalue weighted by Crippen LogP contribution is 2.29. The fourth-order valence-electron chi connectivity index (χ4n) is 2.17. The second-order valence-electron chi connectivity index (χ2n) is 4.75. The Morgan fingerprint density at radius 1 is 1.45 bits per heavy atom. The molecule has 6 heteroatoms. The summed E-state index contributed by atoms with van der Waals surface area (Å²) < 4.78 is 5.34. The minimum Gasteiger partial charge on any atom is -0.445 e. The summed E-state index contributed by atoms with van der Waals surface area (Å²) in [6, 6.07) is 7.16. The standard InChI is InChI=1S/C14H12N2O3S/c1-14(12(18)16-13-15-6-7-20-13)8-9-4-2-3-5-10(9)11(17)19-14/h2-7H,8H2,1H3,(H,15,16,18)/t14-/m1/s1. The van der Waals surface area contributed by atoms with Crippen molar-refractivity contribution in [1.29, 1.82) is 0 Å². The molecule has 102 valence electrons. The van der Waals surface area contributed by atoms with Crippen LogP contribution in [0.2, 0.25) is 0 Å². The molecule has 0 fully saturated rings. The summed E-state index contributed by atoms with van der Waals surface area (Å²) in [7, 11) is 0. The van der Waals surface area contributed by atoms with Gasteiger partial charge in [0, 0.05) is 18.0 Å². The largest absolute Gasteiger partial charge is 0.445 e. The van der Waals surface area contributed by atoms with Crippen molar-refractivity contribution < 1.29 is 14.3 Å². The topological polar surface area (TPSA) is 68.3 Å². The molecule has 1 aromatic heterocycles. The molecule has 20 heavy (non-hydrogen) atoms. The number of hydrogen-bond acceptors (Lipinski definition) is 5. The third-order valence-corrected chi connectivity index (χ3v) is 3.90. The van der Waals surface area contributed by atoms with Crippen molar-refractivity contribution in [3.63, 3.8) is 0 Å². The van der Waals surface area contributed by atoms with Gasteiger partial charge >= 0.3 is 5.97 Å². The first kappa shape index (κ1) is 12.8. The summed E-state index contributed by atoms with van der Waals surface area (Å²) >= 11 is 1.32. The van der Waals surface area contributed by atoms with E-state index < -0.39 is 11.6 Å². The van der Waals surface area contributed by atoms with E-state index >= 15 is 0 Å². The second kappa shape index (κ2) is 4.72. The van der Waals surface area contributed by atoms with E-state index in [0.717, 1.165) is 5.56 Å². The highest BCUT2D eigenvalue weighted by atomic mass is 32.1. The summed E-state index contributed by atoms with van der Waals surface area (Å²) in [6.07, 6.45) is 1.96. The number of aromatic nitrogens is 1. The third kappa shape index (κ3) is 2.18. The maximum atomic E-state index is 12.3. The van der Waals surface area contributed by atoms with Crippen molar-refractivity contribution >= 4 is 28.3 Å². The van der Waals surface area contributed by atoms with Gasteiger partial charge in [0.1, 0.15) is 0 Å². The highest BCUT2D eigenvalue weighted by Gasteiger charge is 2.42. The Kier molecular flexibility index (Phi) is 3.02. The molecule has 0 aliphatic carbocycles. The van der Waals surface area contributed by atoms with E-state index in [-0.39, 0.29) is 5.91 Å². The average Bonchev–Trinajstić information content (AvgIpc) is 2.91. The van der Waals surface area contributed by atoms with Gasteiger partial charge in [0.05, 0.1) is 5.56 Å². The van der Waals surface area contributed by atoms with Crippen molar-refractivity contribution in [3.05, 3.63) is 47.0 Å². The van der Waals surface area contributed by atoms with Gasteiger partial charge in [-0.2, -0.15) is 0 Å². The summed E-state index contributed by atoms with van der Waals surface area (Å²) in [6.45, 7) is 1.61. The number of carbonyl (C=O) groups excluding carboxylic acids is 2. The predicted octanol–water partition coefficient (Wildman–Crippen LogP) is 2.25. The lowest BCUT2D eigenvalue weighted by Crippen LogP contribution is -2.48. The number of nitrogens with one attached hydrogen (secondary N) is 1. The molecule has 0 spiro atoms. The molecular formula is C14H12N2O3S. The number of cyclic esters (lactones) is 1. The van der Waals surface area contributed by atoms with Gasteiger partial charge in [-0.25, -0.2) is 9.78 Å². The van der Waals surface area contributed by atoms with Crippen molar-refractivity contribution in [2.45, 2.75) is 18.9 Å². The first-order valence-corrected chi connectivity index (χ1v) is 6.99. The number of amides is 1. The minimum atomic E-state index is -1.21. The number of esters is 1. The normalized spacial score (nSPS) is 20.9. The first-order valence-electron chi connectivity index (χ1n) is 6.11. The smallest absolute Gasteiger partial charge is 0.339 e. The van der Waals surface area contributed by atoms with Crippen LogP contribution in [0, 0.1) is 0 Å². The molecule has 2 heterocycles. The molecule has 1 aromatic carbocycles. The zero-order valence-corrected chi connectivity index (χ0v) is 11.6. The monoisotopic (exact) mass is 288 g/mol. The van der Waals surface area contributed by atoms with Gasteiger partial charge in [-0.1, -0.05) is 18.2 Å². The van der Waals surface area contributed by atoms with Crippen LogP contribution in [0.5, 0.6) is 0 Å². The van der Waals surface area contributed by atoms with Crippen LogP contribution < -0.4 is 5.32 Å². The Hall–Kier alpha value is -2.21. The molecule has 0 radical (unpaired) electrons. The number of rotatable bonds is 2. The maximum Gasteiger partial charge on any atom is 0.339 e. The molecule has 1 aliphatic heterocycles. The highest BCUT2D eigenvalue weighted by molar-refractivity contribution is 7.13. The van der Waals surface area contributed by atoms with Gasteiger partial charge in [-0.05, 0) is 18.6 Å². The number of ether oxygens (including phenoxy) is 1. The van der Waals surface area contributed by atoms with Crippen molar-refractivity contribution in [2.24, 2.45) is 0 Å². The lowest BCUT2D eigenvalue weighted by atomic mass is 9.89. The molecular weight excluding hydrogens is 276 g/mol. The van der Waals surface area contributed by atoms with Gasteiger partial charge in [0.25, 0.3) is 5.91 Å². The molecule has 3 rings (SSSR count). The van der Waals surface area contributed by atoms with Crippen LogP contribution in [0.1, 0.15) is 22.8 Å². The van der Waals surface area contributed by atoms with Gasteiger partial charge in [0.2, 0.25) is 0 Å². The average molecular weight is 288 g/mol. The summed E-state index contributed by atoms with van der Waals surface area (Å²) in [5.41, 5.74) is 0.129. The Labute approximate surface area is 119 Å². The number of thiazole rings is 1. The number of benzene rings is 1. The van der Waals surface area contributed by atoms with Gasteiger partial charge < -0.3 is 4.74 Å². The van der Waals surface area contributed by atoms with Crippen LogP contribution in [-0.4, -0.2) is 22.5 Å². The first-order chi connectivity index (χ1) is 9.58. The fraction of sp³-hybridized carbons (Fsp3) is 0.214. The minimum absolute atomic E-state index is 0.353. The Morgan fingerprint density at radius 3 is 3.00 bits per heavy atom. The van der Waals surface area contributed by atoms with Gasteiger partial charge in [0.15, 0.2) is 10.7 Å². The molecule has 1 N–H and O–H groups in total. The SMILES string of the molecule is C[C@]1(C(=O)Nc2nccs2)Cc2ccccc2C(=O)O1. The van der Waals surface area contributed by atoms with Gasteiger partial charge in [-0.3, -0.25) is 10.1 Å². The van der Waals surface area contributed by atoms with Crippen molar-refractivity contribution in [1.82, 2.24) is 4.98 Å². The van der Waals surface area contributed by atoms with E-state index in [2.05, 4.69) is 10.3 Å². The van der Waals surface area contributed by atoms with Crippen molar-refractivity contribution in [2.75, 3.05) is 5.32 Å². The number of nitrogens with zero attached hydrogens (tertiary/aromatic N) is 1. The van der Waals surface area contributed by atoms with Crippen LogP contribution in [0.4, 0.5) is 5.13 Å². The van der Waals surface area contributed by atoms with E-state index in [1.54, 1.807) is 30.6 Å². The number of anilines is 1. The number of fused-ring (bicyclic) bond motifs is 1. The zero-order valence-electron chi connectivity index (χ0n) is 10.8. The van der Waals surface area contributed by atoms with Crippen LogP contribution in [0.25, 0.3) is 0 Å². The fourth-order valence-corrected chi connectivity index (χ4v) is 2.70. The summed E-state index contributed by atoms with van der Waals surface area (Å²) in [5, 5.41) is 4.93. The molecule has 2 aromatic rings. The summed E-state index contributed by atoms with van der Waals surface area (Å²) in [4.78, 5) is 28.3. The quantitative estimate of drug-likeness (QED) is 0.861. The Bertz CT molecular complexity index is 669. The molecule has 0 unspecified atom stereocenters. The Balaban J connectivity index is 1.87. The van der Waals surface area contributed by atoms with E-state index in [1.165, 1.54) is 11.3 Å². The van der Waals surface area contributed by atoms with Crippen LogP contribution >= 0.6 is 11.3 Å². The Morgan fingerprint density at radius 2 is 2.25 bits per heavy atom. The number of carbonyl (C=O) groups is 2. The maximum absolute atomic E-state index is 12.3. The lowest BCUT2D eigenvalue weighted by molar-refractivity contribution is -0.134. The molecule has 5 nitrogen and oxygen atoms in total. The summed E-state index contributed by atoms with van der Waals surface area (Å²) in [5.74, 6) is -0.834. The van der Waals surface area contributed by atoms with E-state index in [1.807, 2.05) is 12.1 Å². The second-order valence-corrected chi connectivity index (χ2v) is 5.64. The van der Waals surface area contributed by atoms with E-state index in [4.69, 9.17) is 4.74 Å². The zero-order chi connectivity index (χ0) is 14.2. The van der Waals surface area contributed by atoms with E-state index in [9.17, 15) is 9.59 Å². The molecule has 1 amide bonds. The molecule has 0 saturated carbocycles. The van der Waals surface area contributed by atoms with Crippen LogP contribution in [0.3, 0.4) is 0 Å². The van der Waals surface area contributed by atoms with Gasteiger partial charge in [-0.15, -0.1) is 11.3 Å². The predicted molar refractivity (Wildman–Crippen MR) is 74.7 cm³/mol. The lowest BCUT2D eigenvalue weighted by Gasteiger charge is -2.32. The molecule has 1 atom stereocenters. The third-order valence-electron chi connectivity index (χ3n) is 3.22.